The normalized spacial score (nSPS) is 13.8. The van der Waals surface area contributed by atoms with Gasteiger partial charge in [0.05, 0.1) is 6.61 Å². The highest BCUT2D eigenvalue weighted by Crippen LogP contribution is 2.20. The summed E-state index contributed by atoms with van der Waals surface area (Å²) in [5.74, 6) is 1.76. The lowest BCUT2D eigenvalue weighted by Crippen LogP contribution is -2.33. The summed E-state index contributed by atoms with van der Waals surface area (Å²) in [6, 6.07) is 14.2. The van der Waals surface area contributed by atoms with Crippen LogP contribution in [0.4, 0.5) is 28.1 Å². The minimum Gasteiger partial charge on any atom is -0.494 e. The predicted octanol–water partition coefficient (Wildman–Crippen LogP) is 4.73. The number of hydrogen-bond acceptors (Lipinski definition) is 8. The van der Waals surface area contributed by atoms with Crippen molar-refractivity contribution in [1.82, 2.24) is 19.7 Å². The zero-order valence-corrected chi connectivity index (χ0v) is 20.8. The second kappa shape index (κ2) is 12.8. The van der Waals surface area contributed by atoms with E-state index >= 15 is 0 Å². The van der Waals surface area contributed by atoms with Crippen LogP contribution < -0.4 is 25.8 Å². The fourth-order valence-electron chi connectivity index (χ4n) is 3.91. The molecule has 2 heterocycles. The number of unbranched alkanes of at least 4 members (excludes halogenated alkanes) is 1. The molecule has 0 atom stereocenters. The van der Waals surface area contributed by atoms with Gasteiger partial charge in [0, 0.05) is 17.9 Å². The maximum absolute atomic E-state index is 12.6. The van der Waals surface area contributed by atoms with Crippen LogP contribution >= 0.6 is 0 Å². The first-order valence-electron chi connectivity index (χ1n) is 12.6. The average Bonchev–Trinajstić information content (AvgIpc) is 3.27. The van der Waals surface area contributed by atoms with Gasteiger partial charge in [-0.3, -0.25) is 4.90 Å². The highest BCUT2D eigenvalue weighted by atomic mass is 16.5. The molecule has 1 amide bonds. The molecule has 10 nitrogen and oxygen atoms in total. The van der Waals surface area contributed by atoms with Crippen LogP contribution in [0.2, 0.25) is 0 Å². The Morgan fingerprint density at radius 2 is 1.58 bits per heavy atom. The lowest BCUT2D eigenvalue weighted by Gasteiger charge is -2.26. The maximum atomic E-state index is 12.6. The van der Waals surface area contributed by atoms with Crippen LogP contribution in [0.1, 0.15) is 39.0 Å². The Balaban J connectivity index is 1.26. The smallest absolute Gasteiger partial charge is 0.349 e. The molecule has 2 aromatic carbocycles. The summed E-state index contributed by atoms with van der Waals surface area (Å²) in [6.07, 6.45) is 5.95. The van der Waals surface area contributed by atoms with Gasteiger partial charge >= 0.3 is 6.03 Å². The SMILES string of the molecule is CCCCOc1ccc(NC(=O)n2nc(Nc3ccc(OCCN4CCCCC4)cc3)nc2N)cc1. The molecule has 0 saturated carbocycles. The van der Waals surface area contributed by atoms with E-state index in [9.17, 15) is 4.79 Å². The largest absolute Gasteiger partial charge is 0.494 e. The van der Waals surface area contributed by atoms with Crippen LogP contribution in [0.25, 0.3) is 0 Å². The van der Waals surface area contributed by atoms with Gasteiger partial charge in [-0.2, -0.15) is 4.98 Å². The van der Waals surface area contributed by atoms with E-state index in [-0.39, 0.29) is 11.9 Å². The van der Waals surface area contributed by atoms with Crippen molar-refractivity contribution >= 4 is 29.3 Å². The number of carbonyl (C=O) groups excluding carboxylic acids is 1. The molecule has 10 heteroatoms. The van der Waals surface area contributed by atoms with Crippen molar-refractivity contribution in [3.05, 3.63) is 48.5 Å². The summed E-state index contributed by atoms with van der Waals surface area (Å²) in [5, 5.41) is 10.0. The van der Waals surface area contributed by atoms with Gasteiger partial charge in [0.15, 0.2) is 0 Å². The molecule has 3 aromatic rings. The molecule has 4 rings (SSSR count). The number of anilines is 4. The molecular weight excluding hydrogens is 458 g/mol. The molecule has 1 aliphatic rings. The molecule has 0 bridgehead atoms. The first-order chi connectivity index (χ1) is 17.6. The van der Waals surface area contributed by atoms with E-state index in [4.69, 9.17) is 15.2 Å². The number of likely N-dealkylation sites (tertiary alicyclic amines) is 1. The van der Waals surface area contributed by atoms with E-state index in [0.717, 1.165) is 54.3 Å². The first kappa shape index (κ1) is 25.3. The first-order valence-corrected chi connectivity index (χ1v) is 12.6. The summed E-state index contributed by atoms with van der Waals surface area (Å²) in [6.45, 7) is 6.71. The van der Waals surface area contributed by atoms with E-state index in [0.29, 0.717) is 18.9 Å². The summed E-state index contributed by atoms with van der Waals surface area (Å²) in [7, 11) is 0. The van der Waals surface area contributed by atoms with Crippen LogP contribution in [0.5, 0.6) is 11.5 Å². The number of nitrogens with zero attached hydrogens (tertiary/aromatic N) is 4. The number of amides is 1. The molecule has 192 valence electrons. The number of nitrogens with one attached hydrogen (secondary N) is 2. The van der Waals surface area contributed by atoms with Crippen molar-refractivity contribution in [1.29, 1.82) is 0 Å². The van der Waals surface area contributed by atoms with E-state index in [1.807, 2.05) is 36.4 Å². The van der Waals surface area contributed by atoms with Crippen molar-refractivity contribution in [2.24, 2.45) is 0 Å². The number of nitrogen functional groups attached to an aromatic ring is 1. The number of carbonyl (C=O) groups is 1. The fraction of sp³-hybridized carbons (Fsp3) is 0.423. The van der Waals surface area contributed by atoms with Crippen LogP contribution in [-0.4, -0.2) is 58.5 Å². The average molecular weight is 494 g/mol. The number of ether oxygens (including phenoxy) is 2. The molecule has 0 unspecified atom stereocenters. The fourth-order valence-corrected chi connectivity index (χ4v) is 3.91. The molecule has 1 aromatic heterocycles. The Bertz CT molecular complexity index is 1090. The van der Waals surface area contributed by atoms with Gasteiger partial charge in [0.25, 0.3) is 0 Å². The van der Waals surface area contributed by atoms with E-state index in [2.05, 4.69) is 32.5 Å². The van der Waals surface area contributed by atoms with Crippen molar-refractivity contribution in [3.8, 4) is 11.5 Å². The Hall–Kier alpha value is -3.79. The van der Waals surface area contributed by atoms with Gasteiger partial charge in [0.1, 0.15) is 18.1 Å². The molecule has 0 radical (unpaired) electrons. The lowest BCUT2D eigenvalue weighted by molar-refractivity contribution is 0.183. The van der Waals surface area contributed by atoms with Crippen LogP contribution in [0.15, 0.2) is 48.5 Å². The highest BCUT2D eigenvalue weighted by Gasteiger charge is 2.15. The van der Waals surface area contributed by atoms with Crippen molar-refractivity contribution in [2.45, 2.75) is 39.0 Å². The van der Waals surface area contributed by atoms with E-state index in [1.165, 1.54) is 19.3 Å². The van der Waals surface area contributed by atoms with Gasteiger partial charge in [-0.1, -0.05) is 19.8 Å². The second-order valence-corrected chi connectivity index (χ2v) is 8.76. The zero-order chi connectivity index (χ0) is 25.2. The molecule has 36 heavy (non-hydrogen) atoms. The standard InChI is InChI=1S/C26H35N7O3/c1-2-3-18-35-22-13-9-21(10-14-22)29-26(34)33-24(27)30-25(31-33)28-20-7-11-23(12-8-20)36-19-17-32-15-5-4-6-16-32/h7-14H,2-6,15-19H2,1H3,(H,29,34)(H3,27,28,30,31). The summed E-state index contributed by atoms with van der Waals surface area (Å²) in [4.78, 5) is 19.2. The minimum absolute atomic E-state index is 0.0211. The quantitative estimate of drug-likeness (QED) is 0.328. The Labute approximate surface area is 211 Å². The lowest BCUT2D eigenvalue weighted by atomic mass is 10.1. The summed E-state index contributed by atoms with van der Waals surface area (Å²) >= 11 is 0. The number of rotatable bonds is 11. The minimum atomic E-state index is -0.509. The van der Waals surface area contributed by atoms with Gasteiger partial charge in [-0.15, -0.1) is 9.78 Å². The van der Waals surface area contributed by atoms with Gasteiger partial charge in [-0.05, 0) is 80.9 Å². The molecular formula is C26H35N7O3. The Morgan fingerprint density at radius 3 is 2.25 bits per heavy atom. The molecule has 4 N–H and O–H groups in total. The maximum Gasteiger partial charge on any atom is 0.349 e. The van der Waals surface area contributed by atoms with Crippen molar-refractivity contribution in [2.75, 3.05) is 49.2 Å². The van der Waals surface area contributed by atoms with Gasteiger partial charge in [-0.25, -0.2) is 4.79 Å². The van der Waals surface area contributed by atoms with E-state index < -0.39 is 6.03 Å². The van der Waals surface area contributed by atoms with E-state index in [1.54, 1.807) is 12.1 Å². The molecule has 1 saturated heterocycles. The molecule has 1 fully saturated rings. The van der Waals surface area contributed by atoms with Crippen molar-refractivity contribution < 1.29 is 14.3 Å². The molecule has 0 aliphatic carbocycles. The third-order valence-corrected chi connectivity index (χ3v) is 5.93. The van der Waals surface area contributed by atoms with Crippen LogP contribution in [0.3, 0.4) is 0 Å². The summed E-state index contributed by atoms with van der Waals surface area (Å²) < 4.78 is 12.5. The van der Waals surface area contributed by atoms with Crippen LogP contribution in [-0.2, 0) is 0 Å². The Kier molecular flexibility index (Phi) is 8.98. The monoisotopic (exact) mass is 493 g/mol. The Morgan fingerprint density at radius 1 is 0.944 bits per heavy atom. The number of nitrogens with two attached hydrogens (primary N) is 1. The number of aromatic nitrogens is 3. The third-order valence-electron chi connectivity index (χ3n) is 5.93. The topological polar surface area (TPSA) is 120 Å². The molecule has 1 aliphatic heterocycles. The summed E-state index contributed by atoms with van der Waals surface area (Å²) in [5.41, 5.74) is 7.29. The van der Waals surface area contributed by atoms with Gasteiger partial charge in [0.2, 0.25) is 11.9 Å². The third kappa shape index (κ3) is 7.35. The van der Waals surface area contributed by atoms with Crippen LogP contribution in [0, 0.1) is 0 Å². The predicted molar refractivity (Wildman–Crippen MR) is 141 cm³/mol. The number of hydrogen-bond donors (Lipinski definition) is 3. The zero-order valence-electron chi connectivity index (χ0n) is 20.8. The number of benzene rings is 2. The second-order valence-electron chi connectivity index (χ2n) is 8.76. The highest BCUT2D eigenvalue weighted by molar-refractivity contribution is 5.92. The molecule has 0 spiro atoms. The number of piperidine rings is 1. The van der Waals surface area contributed by atoms with Crippen molar-refractivity contribution in [3.63, 3.8) is 0 Å². The van der Waals surface area contributed by atoms with Gasteiger partial charge < -0.3 is 25.8 Å².